The molecule has 0 radical (unpaired) electrons. The van der Waals surface area contributed by atoms with Crippen LogP contribution in [0, 0.1) is 11.3 Å². The summed E-state index contributed by atoms with van der Waals surface area (Å²) >= 11 is 0. The number of hydrogen-bond donors (Lipinski definition) is 0. The smallest absolute Gasteiger partial charge is 0.0991 e. The first-order valence-electron chi connectivity index (χ1n) is 17.2. The molecule has 0 saturated heterocycles. The van der Waals surface area contributed by atoms with Gasteiger partial charge in [-0.2, -0.15) is 5.26 Å². The number of benzene rings is 7. The van der Waals surface area contributed by atoms with Crippen LogP contribution < -0.4 is 0 Å². The van der Waals surface area contributed by atoms with E-state index in [-0.39, 0.29) is 0 Å². The van der Waals surface area contributed by atoms with Crippen molar-refractivity contribution in [2.45, 2.75) is 12.8 Å². The maximum atomic E-state index is 9.73. The Bertz CT molecular complexity index is 2530. The summed E-state index contributed by atoms with van der Waals surface area (Å²) in [5.74, 6) is 0. The number of nitriles is 1. The van der Waals surface area contributed by atoms with Crippen LogP contribution in [-0.2, 0) is 0 Å². The van der Waals surface area contributed by atoms with E-state index >= 15 is 0 Å². The zero-order chi connectivity index (χ0) is 33.4. The lowest BCUT2D eigenvalue weighted by Gasteiger charge is -2.16. The number of aliphatic imine (C=N–C) groups is 1. The minimum absolute atomic E-state index is 0.659. The molecule has 0 aromatic heterocycles. The fourth-order valence-corrected chi connectivity index (χ4v) is 7.58. The van der Waals surface area contributed by atoms with Crippen LogP contribution in [0.2, 0.25) is 0 Å². The van der Waals surface area contributed by atoms with E-state index in [2.05, 4.69) is 158 Å². The lowest BCUT2D eigenvalue weighted by molar-refractivity contribution is 1.09. The molecule has 1 aliphatic carbocycles. The summed E-state index contributed by atoms with van der Waals surface area (Å²) < 4.78 is 0. The average Bonchev–Trinajstić information content (AvgIpc) is 3.50. The van der Waals surface area contributed by atoms with Crippen molar-refractivity contribution in [3.63, 3.8) is 0 Å². The summed E-state index contributed by atoms with van der Waals surface area (Å²) in [6, 6.07) is 58.0. The number of rotatable bonds is 5. The molecule has 0 fully saturated rings. The molecule has 9 rings (SSSR count). The second kappa shape index (κ2) is 12.5. The molecule has 1 aliphatic heterocycles. The minimum Gasteiger partial charge on any atom is -0.252 e. The second-order valence-corrected chi connectivity index (χ2v) is 12.9. The van der Waals surface area contributed by atoms with Crippen molar-refractivity contribution in [3.8, 4) is 50.6 Å². The van der Waals surface area contributed by atoms with Crippen LogP contribution in [0.25, 0.3) is 66.6 Å². The van der Waals surface area contributed by atoms with Gasteiger partial charge in [0.1, 0.15) is 0 Å². The van der Waals surface area contributed by atoms with Crippen molar-refractivity contribution < 1.29 is 0 Å². The molecule has 0 atom stereocenters. The minimum atomic E-state index is 0.659. The van der Waals surface area contributed by atoms with E-state index in [1.165, 1.54) is 49.7 Å². The van der Waals surface area contributed by atoms with E-state index in [1.54, 1.807) is 0 Å². The monoisotopic (exact) mass is 636 g/mol. The molecule has 50 heavy (non-hydrogen) atoms. The first-order valence-corrected chi connectivity index (χ1v) is 17.2. The van der Waals surface area contributed by atoms with Crippen molar-refractivity contribution in [3.05, 3.63) is 192 Å². The molecule has 234 valence electrons. The van der Waals surface area contributed by atoms with Crippen molar-refractivity contribution in [1.29, 1.82) is 5.26 Å². The molecule has 0 saturated carbocycles. The zero-order valence-corrected chi connectivity index (χ0v) is 27.5. The van der Waals surface area contributed by atoms with Gasteiger partial charge < -0.3 is 0 Å². The van der Waals surface area contributed by atoms with Gasteiger partial charge in [0.05, 0.1) is 17.3 Å². The van der Waals surface area contributed by atoms with Crippen LogP contribution >= 0.6 is 0 Å². The van der Waals surface area contributed by atoms with Gasteiger partial charge in [0.15, 0.2) is 0 Å². The van der Waals surface area contributed by atoms with E-state index in [4.69, 9.17) is 4.99 Å². The van der Waals surface area contributed by atoms with E-state index in [9.17, 15) is 5.26 Å². The lowest BCUT2D eigenvalue weighted by atomic mass is 9.88. The third-order valence-corrected chi connectivity index (χ3v) is 9.97. The van der Waals surface area contributed by atoms with Crippen LogP contribution in [-0.4, -0.2) is 5.71 Å². The average molecular weight is 637 g/mol. The Morgan fingerprint density at radius 2 is 1.02 bits per heavy atom. The quantitative estimate of drug-likeness (QED) is 0.185. The number of fused-ring (bicyclic) bond motifs is 3. The molecule has 7 aromatic carbocycles. The standard InChI is InChI=1S/C48H32N2/c49-31-32-11-9-17-38(29-32)40-26-28-44-42-19-8-7-18-41(42)43-27-25-39(47(40)48(43)44)34-21-23-36(24-22-34)46-30-37(33-12-3-1-4-13-33)16-10-20-45(50-46)35-14-5-2-6-15-35/h1-9,11-19,21-30H,10,20H2/b37-16-,46-30?,50-45?. The Morgan fingerprint density at radius 3 is 1.70 bits per heavy atom. The largest absolute Gasteiger partial charge is 0.252 e. The summed E-state index contributed by atoms with van der Waals surface area (Å²) in [5, 5.41) is 12.2. The Labute approximate surface area is 292 Å². The molecule has 1 heterocycles. The van der Waals surface area contributed by atoms with Gasteiger partial charge in [0.25, 0.3) is 0 Å². The predicted octanol–water partition coefficient (Wildman–Crippen LogP) is 12.4. The van der Waals surface area contributed by atoms with Crippen LogP contribution in [0.3, 0.4) is 0 Å². The molecular weight excluding hydrogens is 605 g/mol. The Morgan fingerprint density at radius 1 is 0.460 bits per heavy atom. The Balaban J connectivity index is 1.21. The van der Waals surface area contributed by atoms with Gasteiger partial charge in [-0.3, -0.25) is 4.99 Å². The molecule has 0 amide bonds. The van der Waals surface area contributed by atoms with E-state index in [0.29, 0.717) is 5.56 Å². The molecular formula is C48H32N2. The van der Waals surface area contributed by atoms with Crippen LogP contribution in [0.15, 0.2) is 175 Å². The van der Waals surface area contributed by atoms with Crippen LogP contribution in [0.1, 0.15) is 35.1 Å². The third kappa shape index (κ3) is 5.17. The first kappa shape index (κ1) is 29.6. The SMILES string of the molecule is N#Cc1cccc(-c2ccc3c4c(ccc(-c5ccc(C6=C/C(c7ccccc7)=C/CCC(c7ccccc7)=N6)cc5)c24)-c2ccccc2-3)c1. The maximum Gasteiger partial charge on any atom is 0.0991 e. The van der Waals surface area contributed by atoms with E-state index in [1.807, 2.05) is 18.2 Å². The molecule has 0 spiro atoms. The van der Waals surface area contributed by atoms with Gasteiger partial charge in [-0.25, -0.2) is 0 Å². The van der Waals surface area contributed by atoms with Crippen molar-refractivity contribution >= 4 is 27.8 Å². The highest BCUT2D eigenvalue weighted by Gasteiger charge is 2.25. The van der Waals surface area contributed by atoms with E-state index in [0.717, 1.165) is 52.1 Å². The highest BCUT2D eigenvalue weighted by atomic mass is 14.8. The maximum absolute atomic E-state index is 9.73. The van der Waals surface area contributed by atoms with E-state index < -0.39 is 0 Å². The molecule has 7 aromatic rings. The van der Waals surface area contributed by atoms with Gasteiger partial charge in [-0.05, 0) is 103 Å². The van der Waals surface area contributed by atoms with Gasteiger partial charge in [-0.1, -0.05) is 152 Å². The molecule has 2 aliphatic rings. The number of hydrogen-bond acceptors (Lipinski definition) is 2. The van der Waals surface area contributed by atoms with Gasteiger partial charge in [0.2, 0.25) is 0 Å². The van der Waals surface area contributed by atoms with Crippen LogP contribution in [0.5, 0.6) is 0 Å². The normalized spacial score (nSPS) is 14.4. The molecule has 0 unspecified atom stereocenters. The summed E-state index contributed by atoms with van der Waals surface area (Å²) in [6.45, 7) is 0. The molecule has 2 nitrogen and oxygen atoms in total. The van der Waals surface area contributed by atoms with Crippen molar-refractivity contribution in [1.82, 2.24) is 0 Å². The molecule has 2 heteroatoms. The Hall–Kier alpha value is -6.56. The Kier molecular flexibility index (Phi) is 7.38. The highest BCUT2D eigenvalue weighted by molar-refractivity contribution is 6.22. The fourth-order valence-electron chi connectivity index (χ4n) is 7.58. The second-order valence-electron chi connectivity index (χ2n) is 12.9. The van der Waals surface area contributed by atoms with Crippen molar-refractivity contribution in [2.75, 3.05) is 0 Å². The molecule has 0 N–H and O–H groups in total. The fraction of sp³-hybridized carbons (Fsp3) is 0.0417. The summed E-state index contributed by atoms with van der Waals surface area (Å²) in [4.78, 5) is 5.34. The third-order valence-electron chi connectivity index (χ3n) is 9.97. The summed E-state index contributed by atoms with van der Waals surface area (Å²) in [5.41, 5.74) is 16.9. The first-order chi connectivity index (χ1) is 24.7. The van der Waals surface area contributed by atoms with Gasteiger partial charge in [0, 0.05) is 11.3 Å². The number of nitrogens with zero attached hydrogens (tertiary/aromatic N) is 2. The lowest BCUT2D eigenvalue weighted by Crippen LogP contribution is -2.03. The molecule has 0 bridgehead atoms. The van der Waals surface area contributed by atoms with Gasteiger partial charge >= 0.3 is 0 Å². The summed E-state index contributed by atoms with van der Waals surface area (Å²) in [7, 11) is 0. The zero-order valence-electron chi connectivity index (χ0n) is 27.5. The van der Waals surface area contributed by atoms with Gasteiger partial charge in [-0.15, -0.1) is 0 Å². The van der Waals surface area contributed by atoms with Crippen molar-refractivity contribution in [2.24, 2.45) is 4.99 Å². The predicted molar refractivity (Wildman–Crippen MR) is 209 cm³/mol. The number of allylic oxidation sites excluding steroid dienone is 3. The summed E-state index contributed by atoms with van der Waals surface area (Å²) in [6.07, 6.45) is 6.38. The highest BCUT2D eigenvalue weighted by Crippen LogP contribution is 2.52. The topological polar surface area (TPSA) is 36.1 Å². The van der Waals surface area contributed by atoms with Crippen LogP contribution in [0.4, 0.5) is 0 Å².